The lowest BCUT2D eigenvalue weighted by atomic mass is 10.2. The zero-order valence-corrected chi connectivity index (χ0v) is 14.4. The molecule has 0 aliphatic heterocycles. The minimum absolute atomic E-state index is 0.202. The number of nitrogens with one attached hydrogen (secondary N) is 1. The average Bonchev–Trinajstić information content (AvgIpc) is 2.41. The van der Waals surface area contributed by atoms with Crippen LogP contribution in [0.25, 0.3) is 0 Å². The van der Waals surface area contributed by atoms with Crippen molar-refractivity contribution in [3.63, 3.8) is 0 Å². The molecule has 0 saturated carbocycles. The summed E-state index contributed by atoms with van der Waals surface area (Å²) in [4.78, 5) is 12.2. The summed E-state index contributed by atoms with van der Waals surface area (Å²) < 4.78 is 6.91. The summed E-state index contributed by atoms with van der Waals surface area (Å²) in [6, 6.07) is 10.7. The van der Waals surface area contributed by atoms with Crippen LogP contribution in [0.2, 0.25) is 0 Å². The Hall–Kier alpha value is -1.28. The van der Waals surface area contributed by atoms with Crippen LogP contribution in [0.5, 0.6) is 5.75 Å². The molecule has 2 rings (SSSR count). The van der Waals surface area contributed by atoms with Crippen molar-refractivity contribution in [2.45, 2.75) is 0 Å². The second-order valence-corrected chi connectivity index (χ2v) is 6.14. The number of hydrogen-bond acceptors (Lipinski definition) is 3. The molecule has 0 aromatic heterocycles. The van der Waals surface area contributed by atoms with Crippen molar-refractivity contribution in [1.82, 2.24) is 0 Å². The van der Waals surface area contributed by atoms with Crippen LogP contribution in [0, 0.1) is 3.57 Å². The van der Waals surface area contributed by atoms with Crippen molar-refractivity contribution in [2.24, 2.45) is 0 Å². The van der Waals surface area contributed by atoms with E-state index in [1.54, 1.807) is 18.2 Å². The Morgan fingerprint density at radius 3 is 2.75 bits per heavy atom. The van der Waals surface area contributed by atoms with Gasteiger partial charge in [-0.1, -0.05) is 6.07 Å². The summed E-state index contributed by atoms with van der Waals surface area (Å²) in [6.07, 6.45) is 0. The molecule has 20 heavy (non-hydrogen) atoms. The minimum atomic E-state index is -0.202. The Kier molecular flexibility index (Phi) is 4.87. The Bertz CT molecular complexity index is 662. The van der Waals surface area contributed by atoms with E-state index in [1.807, 2.05) is 18.2 Å². The number of ether oxygens (including phenoxy) is 1. The van der Waals surface area contributed by atoms with Gasteiger partial charge in [0.25, 0.3) is 5.91 Å². The van der Waals surface area contributed by atoms with Crippen LogP contribution in [-0.2, 0) is 0 Å². The molecular weight excluding hydrogens is 435 g/mol. The first kappa shape index (κ1) is 15.1. The zero-order chi connectivity index (χ0) is 14.7. The number of nitrogens with two attached hydrogens (primary N) is 1. The number of nitrogen functional groups attached to an aromatic ring is 1. The van der Waals surface area contributed by atoms with Gasteiger partial charge in [0.15, 0.2) is 0 Å². The van der Waals surface area contributed by atoms with E-state index in [9.17, 15) is 4.79 Å². The standard InChI is InChI=1S/C14H12BrIN2O2/c1-20-12-7-10(17)6-11(15)13(12)18-14(19)8-3-2-4-9(16)5-8/h2-7H,17H2,1H3,(H,18,19). The topological polar surface area (TPSA) is 64.3 Å². The third-order valence-corrected chi connectivity index (χ3v) is 3.92. The average molecular weight is 447 g/mol. The highest BCUT2D eigenvalue weighted by Crippen LogP contribution is 2.35. The number of rotatable bonds is 3. The Balaban J connectivity index is 2.32. The quantitative estimate of drug-likeness (QED) is 0.555. The number of hydrogen-bond donors (Lipinski definition) is 2. The predicted octanol–water partition coefficient (Wildman–Crippen LogP) is 3.90. The molecule has 2 aromatic carbocycles. The number of carbonyl (C=O) groups is 1. The van der Waals surface area contributed by atoms with E-state index in [0.29, 0.717) is 27.2 Å². The van der Waals surface area contributed by atoms with Crippen LogP contribution in [0.15, 0.2) is 40.9 Å². The summed E-state index contributed by atoms with van der Waals surface area (Å²) in [6.45, 7) is 0. The number of carbonyl (C=O) groups excluding carboxylic acids is 1. The van der Waals surface area contributed by atoms with Crippen LogP contribution in [-0.4, -0.2) is 13.0 Å². The van der Waals surface area contributed by atoms with E-state index >= 15 is 0 Å². The molecule has 104 valence electrons. The van der Waals surface area contributed by atoms with Gasteiger partial charge >= 0.3 is 0 Å². The molecule has 2 aromatic rings. The fraction of sp³-hybridized carbons (Fsp3) is 0.0714. The Morgan fingerprint density at radius 1 is 1.35 bits per heavy atom. The fourth-order valence-corrected chi connectivity index (χ4v) is 2.80. The van der Waals surface area contributed by atoms with Crippen molar-refractivity contribution in [3.05, 3.63) is 50.0 Å². The zero-order valence-electron chi connectivity index (χ0n) is 10.6. The van der Waals surface area contributed by atoms with E-state index in [-0.39, 0.29) is 5.91 Å². The first-order chi connectivity index (χ1) is 9.51. The lowest BCUT2D eigenvalue weighted by Crippen LogP contribution is -2.13. The molecule has 0 bridgehead atoms. The van der Waals surface area contributed by atoms with Crippen LogP contribution in [0.3, 0.4) is 0 Å². The number of halogens is 2. The summed E-state index contributed by atoms with van der Waals surface area (Å²) in [5, 5.41) is 2.83. The van der Waals surface area contributed by atoms with Gasteiger partial charge in [-0.2, -0.15) is 0 Å². The molecule has 3 N–H and O–H groups in total. The van der Waals surface area contributed by atoms with E-state index in [4.69, 9.17) is 10.5 Å². The van der Waals surface area contributed by atoms with Crippen LogP contribution in [0.1, 0.15) is 10.4 Å². The van der Waals surface area contributed by atoms with Gasteiger partial charge in [-0.15, -0.1) is 0 Å². The van der Waals surface area contributed by atoms with Crippen LogP contribution >= 0.6 is 38.5 Å². The maximum Gasteiger partial charge on any atom is 0.255 e. The summed E-state index contributed by atoms with van der Waals surface area (Å²) in [5.41, 5.74) is 7.44. The maximum atomic E-state index is 12.2. The van der Waals surface area contributed by atoms with Crippen molar-refractivity contribution in [2.75, 3.05) is 18.2 Å². The molecule has 0 unspecified atom stereocenters. The Morgan fingerprint density at radius 2 is 2.10 bits per heavy atom. The number of methoxy groups -OCH3 is 1. The first-order valence-electron chi connectivity index (χ1n) is 5.71. The Labute approximate surface area is 139 Å². The van der Waals surface area contributed by atoms with Crippen molar-refractivity contribution < 1.29 is 9.53 Å². The monoisotopic (exact) mass is 446 g/mol. The second kappa shape index (κ2) is 6.45. The van der Waals surface area contributed by atoms with E-state index in [2.05, 4.69) is 43.8 Å². The van der Waals surface area contributed by atoms with Gasteiger partial charge in [-0.25, -0.2) is 0 Å². The molecule has 0 heterocycles. The second-order valence-electron chi connectivity index (χ2n) is 4.04. The van der Waals surface area contributed by atoms with E-state index in [1.165, 1.54) is 7.11 Å². The van der Waals surface area contributed by atoms with Gasteiger partial charge in [-0.3, -0.25) is 4.79 Å². The van der Waals surface area contributed by atoms with Crippen molar-refractivity contribution >= 4 is 55.8 Å². The molecule has 0 fully saturated rings. The SMILES string of the molecule is COc1cc(N)cc(Br)c1NC(=O)c1cccc(I)c1. The highest BCUT2D eigenvalue weighted by Gasteiger charge is 2.14. The summed E-state index contributed by atoms with van der Waals surface area (Å²) in [5.74, 6) is 0.308. The molecule has 4 nitrogen and oxygen atoms in total. The van der Waals surface area contributed by atoms with Crippen molar-refractivity contribution in [1.29, 1.82) is 0 Å². The molecule has 0 spiro atoms. The minimum Gasteiger partial charge on any atom is -0.494 e. The first-order valence-corrected chi connectivity index (χ1v) is 7.58. The molecule has 0 aliphatic carbocycles. The fourth-order valence-electron chi connectivity index (χ4n) is 1.70. The third-order valence-electron chi connectivity index (χ3n) is 2.62. The van der Waals surface area contributed by atoms with Gasteiger partial charge < -0.3 is 15.8 Å². The molecule has 6 heteroatoms. The van der Waals surface area contributed by atoms with Crippen molar-refractivity contribution in [3.8, 4) is 5.75 Å². The third kappa shape index (κ3) is 3.43. The highest BCUT2D eigenvalue weighted by molar-refractivity contribution is 14.1. The van der Waals surface area contributed by atoms with Crippen LogP contribution in [0.4, 0.5) is 11.4 Å². The smallest absolute Gasteiger partial charge is 0.255 e. The van der Waals surface area contributed by atoms with Crippen LogP contribution < -0.4 is 15.8 Å². The molecule has 0 radical (unpaired) electrons. The predicted molar refractivity (Wildman–Crippen MR) is 92.2 cm³/mol. The van der Waals surface area contributed by atoms with Gasteiger partial charge in [-0.05, 0) is 62.8 Å². The molecule has 0 atom stereocenters. The maximum absolute atomic E-state index is 12.2. The van der Waals surface area contributed by atoms with Gasteiger partial charge in [0, 0.05) is 25.4 Å². The molecule has 0 aliphatic rings. The number of anilines is 2. The highest BCUT2D eigenvalue weighted by atomic mass is 127. The molecule has 1 amide bonds. The molecular formula is C14H12BrIN2O2. The number of benzene rings is 2. The summed E-state index contributed by atoms with van der Waals surface area (Å²) in [7, 11) is 1.53. The van der Waals surface area contributed by atoms with Gasteiger partial charge in [0.1, 0.15) is 5.75 Å². The number of amides is 1. The normalized spacial score (nSPS) is 10.2. The van der Waals surface area contributed by atoms with Gasteiger partial charge in [0.2, 0.25) is 0 Å². The lowest BCUT2D eigenvalue weighted by molar-refractivity contribution is 0.102. The largest absolute Gasteiger partial charge is 0.494 e. The van der Waals surface area contributed by atoms with E-state index < -0.39 is 0 Å². The van der Waals surface area contributed by atoms with E-state index in [0.717, 1.165) is 3.57 Å². The lowest BCUT2D eigenvalue weighted by Gasteiger charge is -2.13. The molecule has 0 saturated heterocycles. The van der Waals surface area contributed by atoms with Gasteiger partial charge in [0.05, 0.1) is 12.8 Å². The summed E-state index contributed by atoms with van der Waals surface area (Å²) >= 11 is 5.54.